The Labute approximate surface area is 471 Å². The third-order valence-electron chi connectivity index (χ3n) is 13.0. The zero-order valence-corrected chi connectivity index (χ0v) is 45.4. The minimum atomic E-state index is -1.73. The molecule has 1 aliphatic carbocycles. The first kappa shape index (κ1) is 56.3. The van der Waals surface area contributed by atoms with Gasteiger partial charge in [-0.05, 0) is 110 Å². The van der Waals surface area contributed by atoms with Gasteiger partial charge < -0.3 is 45.6 Å². The van der Waals surface area contributed by atoms with Crippen molar-refractivity contribution < 1.29 is 48.3 Å². The van der Waals surface area contributed by atoms with Crippen molar-refractivity contribution >= 4 is 86.7 Å². The molecule has 0 radical (unpaired) electrons. The van der Waals surface area contributed by atoms with E-state index in [9.17, 15) is 33.9 Å². The Hall–Kier alpha value is -10.4. The van der Waals surface area contributed by atoms with Crippen LogP contribution in [0.15, 0.2) is 180 Å². The standard InChI is InChI=1S/C61H58N12O9/c1-61(2,3)82-60(80)71-48(35-51(75)67-45-32-41-14-8-22-63-53(41)55-43(45)16-10-24-65-55)58(78)69-47(34-50(74)62-26-31-73-29-20-40(21-30-73)39-18-27-72(4)28-19-39)57(77)70-49(59(79)81-37-38-12-6-5-7-13-38)36-52(76)68-46-33-42-15-9-23-64-54(42)56-44(46)17-11-25-66-56/h5-25,27-30,32-33,47-49H,26,31,34-37H2,1-4H3,(H4-,62,65,67,69,70,71,74,75,77,78,80)/p+2/t47-,48-,49-/m0/s1. The summed E-state index contributed by atoms with van der Waals surface area (Å²) in [5.41, 5.74) is 5.55. The number of nitrogens with one attached hydrogen (secondary N) is 5. The summed E-state index contributed by atoms with van der Waals surface area (Å²) >= 11 is 0. The third-order valence-corrected chi connectivity index (χ3v) is 13.0. The molecule has 3 atom stereocenters. The maximum absolute atomic E-state index is 14.8. The summed E-state index contributed by atoms with van der Waals surface area (Å²) in [5, 5.41) is 23.2. The fraction of sp³-hybridized carbons (Fsp3) is 0.230. The van der Waals surface area contributed by atoms with Gasteiger partial charge in [0.1, 0.15) is 30.3 Å². The number of aliphatic hydroxyl groups is 1. The van der Waals surface area contributed by atoms with Crippen molar-refractivity contribution in [2.75, 3.05) is 25.5 Å². The number of rotatable bonds is 18. The van der Waals surface area contributed by atoms with Gasteiger partial charge >= 0.3 is 23.7 Å². The van der Waals surface area contributed by atoms with Crippen molar-refractivity contribution in [3.63, 3.8) is 0 Å². The van der Waals surface area contributed by atoms with Crippen LogP contribution in [-0.2, 0) is 40.1 Å². The number of esters is 1. The second kappa shape index (κ2) is 25.6. The number of pyridine rings is 3. The molecule has 6 N–H and O–H groups in total. The number of anilines is 1. The topological polar surface area (TPSA) is 275 Å². The first-order valence-corrected chi connectivity index (χ1v) is 26.4. The molecule has 0 saturated heterocycles. The number of ether oxygens (including phenoxy) is 2. The molecule has 0 fully saturated rings. The van der Waals surface area contributed by atoms with E-state index in [1.54, 1.807) is 131 Å². The molecule has 82 heavy (non-hydrogen) atoms. The molecule has 0 bridgehead atoms. The second-order valence-electron chi connectivity index (χ2n) is 20.3. The van der Waals surface area contributed by atoms with E-state index < -0.39 is 84.6 Å². The Kier molecular flexibility index (Phi) is 17.6. The predicted octanol–water partition coefficient (Wildman–Crippen LogP) is 4.00. The molecule has 6 heterocycles. The van der Waals surface area contributed by atoms with Crippen LogP contribution in [0.5, 0.6) is 0 Å². The van der Waals surface area contributed by atoms with Crippen LogP contribution < -0.4 is 30.9 Å². The number of carbonyl (C=O) groups excluding carboxylic acids is 6. The molecular formula is C61H60N12O9+2. The number of alkyl carbamates (subject to hydrolysis) is 1. The molecule has 5 aromatic rings. The van der Waals surface area contributed by atoms with Crippen molar-refractivity contribution in [3.8, 4) is 0 Å². The molecule has 0 spiro atoms. The van der Waals surface area contributed by atoms with Gasteiger partial charge in [0.05, 0.1) is 53.8 Å². The molecule has 5 amide bonds. The van der Waals surface area contributed by atoms with Gasteiger partial charge in [0.25, 0.3) is 6.21 Å². The van der Waals surface area contributed by atoms with E-state index in [1.807, 2.05) is 72.0 Å². The van der Waals surface area contributed by atoms with E-state index in [0.717, 1.165) is 11.1 Å². The SMILES string of the molecule is CN1C=CC(=C2C=CN(CC[NH+]=C(O)C[C@H](NC(=O)[C@H](CC(=O)Nc3cc4cccnc4c4ncccc34)NC(=O)OC(C)(C)C)C(=O)N[C@@H](CC(=O)N=C3C=C4C=CC=[N+]=C4c4ncccc43)C(=O)OCc3ccccc3)C=C2)C=C1. The molecule has 21 heteroatoms. The van der Waals surface area contributed by atoms with Crippen LogP contribution in [-0.4, -0.2) is 133 Å². The molecule has 416 valence electrons. The lowest BCUT2D eigenvalue weighted by molar-refractivity contribution is -0.467. The summed E-state index contributed by atoms with van der Waals surface area (Å²) in [6.45, 7) is 5.13. The predicted molar refractivity (Wildman–Crippen MR) is 310 cm³/mol. The quantitative estimate of drug-likeness (QED) is 0.0238. The van der Waals surface area contributed by atoms with Crippen LogP contribution in [0.25, 0.3) is 21.8 Å². The van der Waals surface area contributed by atoms with Crippen LogP contribution in [0.2, 0.25) is 0 Å². The van der Waals surface area contributed by atoms with Gasteiger partial charge in [-0.1, -0.05) is 41.1 Å². The number of nitrogens with zero attached hydrogens (tertiary/aromatic N) is 7. The Morgan fingerprint density at radius 3 is 2.17 bits per heavy atom. The molecule has 3 aromatic heterocycles. The Morgan fingerprint density at radius 1 is 0.756 bits per heavy atom. The smallest absolute Gasteiger partial charge is 0.408 e. The largest absolute Gasteiger partial charge is 0.463 e. The number of aliphatic imine (C=N–C) groups is 1. The summed E-state index contributed by atoms with van der Waals surface area (Å²) < 4.78 is 15.6. The highest BCUT2D eigenvalue weighted by Crippen LogP contribution is 2.30. The Bertz CT molecular complexity index is 3680. The molecule has 9 rings (SSSR count). The highest BCUT2D eigenvalue weighted by molar-refractivity contribution is 6.30. The number of carbonyl (C=O) groups is 6. The minimum Gasteiger partial charge on any atom is -0.463 e. The first-order valence-electron chi connectivity index (χ1n) is 26.4. The Balaban J connectivity index is 0.989. The van der Waals surface area contributed by atoms with Crippen LogP contribution in [0.1, 0.15) is 56.9 Å². The molecule has 2 aromatic carbocycles. The summed E-state index contributed by atoms with van der Waals surface area (Å²) in [4.78, 5) is 110. The van der Waals surface area contributed by atoms with Crippen molar-refractivity contribution in [2.45, 2.75) is 70.4 Å². The average molecular weight is 1110 g/mol. The number of aliphatic hydroxyl groups excluding tert-OH is 1. The lowest BCUT2D eigenvalue weighted by Crippen LogP contribution is -2.75. The van der Waals surface area contributed by atoms with Crippen molar-refractivity contribution in [2.24, 2.45) is 4.99 Å². The zero-order chi connectivity index (χ0) is 57.8. The number of allylic oxidation sites excluding steroid dienone is 10. The van der Waals surface area contributed by atoms with Gasteiger partial charge in [-0.25, -0.2) is 24.6 Å². The van der Waals surface area contributed by atoms with E-state index >= 15 is 0 Å². The van der Waals surface area contributed by atoms with Crippen LogP contribution >= 0.6 is 0 Å². The molecular weight excluding hydrogens is 1040 g/mol. The monoisotopic (exact) mass is 1100 g/mol. The highest BCUT2D eigenvalue weighted by Gasteiger charge is 2.36. The van der Waals surface area contributed by atoms with Crippen LogP contribution in [0.3, 0.4) is 0 Å². The third kappa shape index (κ3) is 14.6. The number of hydrogen-bond acceptors (Lipinski definition) is 13. The zero-order valence-electron chi connectivity index (χ0n) is 45.4. The van der Waals surface area contributed by atoms with Gasteiger partial charge in [-0.3, -0.25) is 29.1 Å². The fourth-order valence-corrected chi connectivity index (χ4v) is 8.99. The van der Waals surface area contributed by atoms with Gasteiger partial charge in [0, 0.05) is 72.8 Å². The lowest BCUT2D eigenvalue weighted by Gasteiger charge is -2.25. The molecule has 0 saturated carbocycles. The molecule has 0 unspecified atom stereocenters. The summed E-state index contributed by atoms with van der Waals surface area (Å²) in [6.07, 6.45) is 24.2. The van der Waals surface area contributed by atoms with E-state index in [-0.39, 0.29) is 18.9 Å². The molecule has 3 aliphatic heterocycles. The minimum absolute atomic E-state index is 0.150. The van der Waals surface area contributed by atoms with Gasteiger partial charge in [0.15, 0.2) is 12.2 Å². The summed E-state index contributed by atoms with van der Waals surface area (Å²) in [7, 11) is 1.94. The number of benzene rings is 2. The van der Waals surface area contributed by atoms with E-state index in [0.29, 0.717) is 62.1 Å². The molecule has 4 aliphatic rings. The van der Waals surface area contributed by atoms with E-state index in [1.165, 1.54) is 0 Å². The van der Waals surface area contributed by atoms with Crippen LogP contribution in [0, 0.1) is 0 Å². The Morgan fingerprint density at radius 2 is 1.43 bits per heavy atom. The van der Waals surface area contributed by atoms with Crippen molar-refractivity contribution in [1.82, 2.24) is 45.4 Å². The number of hydrogen-bond donors (Lipinski definition) is 6. The maximum atomic E-state index is 14.8. The maximum Gasteiger partial charge on any atom is 0.408 e. The average Bonchev–Trinajstić information content (AvgIpc) is 3.52. The van der Waals surface area contributed by atoms with Gasteiger partial charge in [-0.2, -0.15) is 0 Å². The normalized spacial score (nSPS) is 16.0. The number of aromatic nitrogens is 3. The van der Waals surface area contributed by atoms with Crippen molar-refractivity contribution in [3.05, 3.63) is 192 Å². The summed E-state index contributed by atoms with van der Waals surface area (Å²) in [5.74, 6) is -5.10. The highest BCUT2D eigenvalue weighted by atomic mass is 16.6. The number of amides is 5. The van der Waals surface area contributed by atoms with Gasteiger partial charge in [-0.15, -0.1) is 0 Å². The van der Waals surface area contributed by atoms with E-state index in [4.69, 9.17) is 9.47 Å². The summed E-state index contributed by atoms with van der Waals surface area (Å²) in [6, 6.07) is 15.7. The van der Waals surface area contributed by atoms with Gasteiger partial charge in [0.2, 0.25) is 23.6 Å². The molecule has 21 nitrogen and oxygen atoms in total. The number of fused-ring (bicyclic) bond motifs is 6. The van der Waals surface area contributed by atoms with Crippen LogP contribution in [0.4, 0.5) is 10.5 Å². The van der Waals surface area contributed by atoms with E-state index in [2.05, 4.69) is 50.9 Å². The second-order valence-corrected chi connectivity index (χ2v) is 20.3. The van der Waals surface area contributed by atoms with Crippen molar-refractivity contribution in [1.29, 1.82) is 0 Å². The first-order chi connectivity index (χ1) is 39.5. The fourth-order valence-electron chi connectivity index (χ4n) is 8.99. The lowest BCUT2D eigenvalue weighted by atomic mass is 9.91.